The number of hydrogen-bond acceptors (Lipinski definition) is 4. The smallest absolute Gasteiger partial charge is 0.231 e. The number of unbranched alkanes of at least 4 members (excludes halogenated alkanes) is 1. The maximum atomic E-state index is 11.6. The minimum atomic E-state index is -0.135. The van der Waals surface area contributed by atoms with Crippen molar-refractivity contribution in [2.75, 3.05) is 18.7 Å². The van der Waals surface area contributed by atoms with Gasteiger partial charge in [-0.1, -0.05) is 11.6 Å². The van der Waals surface area contributed by atoms with Gasteiger partial charge in [-0.3, -0.25) is 4.79 Å². The Labute approximate surface area is 110 Å². The largest absolute Gasteiger partial charge is 0.454 e. The van der Waals surface area contributed by atoms with E-state index in [0.29, 0.717) is 41.5 Å². The Morgan fingerprint density at radius 1 is 1.33 bits per heavy atom. The normalized spacial score (nSPS) is 12.6. The molecule has 18 heavy (non-hydrogen) atoms. The van der Waals surface area contributed by atoms with Gasteiger partial charge in [-0.15, -0.1) is 0 Å². The molecule has 1 heterocycles. The second kappa shape index (κ2) is 5.93. The van der Waals surface area contributed by atoms with Gasteiger partial charge in [-0.25, -0.2) is 0 Å². The Morgan fingerprint density at radius 3 is 2.78 bits per heavy atom. The van der Waals surface area contributed by atoms with Crippen LogP contribution in [0.5, 0.6) is 11.5 Å². The number of carbonyl (C=O) groups excluding carboxylic acids is 1. The Balaban J connectivity index is 1.99. The first-order chi connectivity index (χ1) is 8.70. The Bertz CT molecular complexity index is 450. The number of aliphatic hydroxyl groups excluding tert-OH is 1. The fourth-order valence-corrected chi connectivity index (χ4v) is 1.82. The number of hydrogen-bond donors (Lipinski definition) is 2. The highest BCUT2D eigenvalue weighted by atomic mass is 35.5. The Kier molecular flexibility index (Phi) is 4.28. The summed E-state index contributed by atoms with van der Waals surface area (Å²) in [6.07, 6.45) is 1.61. The van der Waals surface area contributed by atoms with Gasteiger partial charge in [0.1, 0.15) is 0 Å². The molecule has 0 spiro atoms. The van der Waals surface area contributed by atoms with Crippen molar-refractivity contribution in [1.29, 1.82) is 0 Å². The average Bonchev–Trinajstić information content (AvgIpc) is 2.77. The van der Waals surface area contributed by atoms with Crippen molar-refractivity contribution in [3.63, 3.8) is 0 Å². The third kappa shape index (κ3) is 3.05. The van der Waals surface area contributed by atoms with Crippen LogP contribution in [0, 0.1) is 0 Å². The lowest BCUT2D eigenvalue weighted by Gasteiger charge is -2.08. The van der Waals surface area contributed by atoms with Gasteiger partial charge in [0, 0.05) is 25.2 Å². The number of benzene rings is 1. The third-order valence-corrected chi connectivity index (χ3v) is 2.86. The number of carbonyl (C=O) groups is 1. The lowest BCUT2D eigenvalue weighted by atomic mass is 10.2. The van der Waals surface area contributed by atoms with E-state index >= 15 is 0 Å². The number of rotatable bonds is 5. The van der Waals surface area contributed by atoms with E-state index < -0.39 is 0 Å². The van der Waals surface area contributed by atoms with Crippen LogP contribution in [-0.2, 0) is 4.79 Å². The maximum absolute atomic E-state index is 11.6. The molecule has 1 aromatic carbocycles. The molecular formula is C12H14ClNO4. The topological polar surface area (TPSA) is 67.8 Å². The predicted molar refractivity (Wildman–Crippen MR) is 67.1 cm³/mol. The van der Waals surface area contributed by atoms with Crippen LogP contribution in [0.1, 0.15) is 19.3 Å². The molecule has 0 bridgehead atoms. The second-order valence-electron chi connectivity index (χ2n) is 3.91. The molecule has 2 N–H and O–H groups in total. The summed E-state index contributed by atoms with van der Waals surface area (Å²) in [7, 11) is 0. The first-order valence-electron chi connectivity index (χ1n) is 5.70. The van der Waals surface area contributed by atoms with Crippen LogP contribution in [0.4, 0.5) is 5.69 Å². The first-order valence-corrected chi connectivity index (χ1v) is 6.08. The number of amides is 1. The van der Waals surface area contributed by atoms with Gasteiger partial charge in [-0.2, -0.15) is 0 Å². The zero-order chi connectivity index (χ0) is 13.0. The van der Waals surface area contributed by atoms with Gasteiger partial charge in [0.15, 0.2) is 11.5 Å². The highest BCUT2D eigenvalue weighted by molar-refractivity contribution is 6.34. The molecule has 1 aliphatic rings. The molecule has 2 rings (SSSR count). The van der Waals surface area contributed by atoms with Gasteiger partial charge in [-0.05, 0) is 12.8 Å². The van der Waals surface area contributed by atoms with Crippen LogP contribution in [0.3, 0.4) is 0 Å². The Morgan fingerprint density at radius 2 is 2.06 bits per heavy atom. The number of ether oxygens (including phenoxy) is 2. The summed E-state index contributed by atoms with van der Waals surface area (Å²) < 4.78 is 10.4. The molecule has 0 aromatic heterocycles. The van der Waals surface area contributed by atoms with Crippen molar-refractivity contribution in [2.24, 2.45) is 0 Å². The zero-order valence-corrected chi connectivity index (χ0v) is 10.5. The zero-order valence-electron chi connectivity index (χ0n) is 9.74. The van der Waals surface area contributed by atoms with Crippen LogP contribution in [0.25, 0.3) is 0 Å². The molecule has 0 saturated carbocycles. The van der Waals surface area contributed by atoms with Crippen LogP contribution >= 0.6 is 11.6 Å². The number of fused-ring (bicyclic) bond motifs is 1. The van der Waals surface area contributed by atoms with Gasteiger partial charge in [0.05, 0.1) is 10.7 Å². The molecule has 5 nitrogen and oxygen atoms in total. The molecular weight excluding hydrogens is 258 g/mol. The summed E-state index contributed by atoms with van der Waals surface area (Å²) >= 11 is 6.02. The van der Waals surface area contributed by atoms with E-state index in [9.17, 15) is 4.79 Å². The second-order valence-corrected chi connectivity index (χ2v) is 4.32. The number of nitrogens with one attached hydrogen (secondary N) is 1. The first kappa shape index (κ1) is 13.0. The van der Waals surface area contributed by atoms with E-state index in [0.717, 1.165) is 0 Å². The van der Waals surface area contributed by atoms with Crippen LogP contribution < -0.4 is 14.8 Å². The highest BCUT2D eigenvalue weighted by Crippen LogP contribution is 2.39. The minimum absolute atomic E-state index is 0.0953. The molecule has 0 radical (unpaired) electrons. The summed E-state index contributed by atoms with van der Waals surface area (Å²) in [5.41, 5.74) is 0.509. The van der Waals surface area contributed by atoms with Gasteiger partial charge >= 0.3 is 0 Å². The van der Waals surface area contributed by atoms with Crippen molar-refractivity contribution in [3.8, 4) is 11.5 Å². The fraction of sp³-hybridized carbons (Fsp3) is 0.417. The molecule has 98 valence electrons. The number of anilines is 1. The van der Waals surface area contributed by atoms with Crippen molar-refractivity contribution < 1.29 is 19.4 Å². The summed E-state index contributed by atoms with van der Waals surface area (Å²) in [6.45, 7) is 0.262. The molecule has 1 aliphatic heterocycles. The molecule has 1 amide bonds. The quantitative estimate of drug-likeness (QED) is 0.806. The molecule has 0 aliphatic carbocycles. The summed E-state index contributed by atoms with van der Waals surface area (Å²) in [5.74, 6) is 1.02. The van der Waals surface area contributed by atoms with E-state index in [1.807, 2.05) is 0 Å². The molecule has 0 saturated heterocycles. The van der Waals surface area contributed by atoms with Gasteiger partial charge in [0.25, 0.3) is 0 Å². The van der Waals surface area contributed by atoms with E-state index in [1.54, 1.807) is 12.1 Å². The van der Waals surface area contributed by atoms with E-state index in [4.69, 9.17) is 26.2 Å². The van der Waals surface area contributed by atoms with E-state index in [1.165, 1.54) is 0 Å². The summed E-state index contributed by atoms with van der Waals surface area (Å²) in [4.78, 5) is 11.6. The third-order valence-electron chi connectivity index (χ3n) is 2.55. The molecule has 0 unspecified atom stereocenters. The SMILES string of the molecule is O=C(CCCCO)Nc1cc2c(cc1Cl)OCO2. The number of halogens is 1. The van der Waals surface area contributed by atoms with Crippen molar-refractivity contribution in [1.82, 2.24) is 0 Å². The van der Waals surface area contributed by atoms with Gasteiger partial charge in [0.2, 0.25) is 12.7 Å². The van der Waals surface area contributed by atoms with Crippen LogP contribution in [-0.4, -0.2) is 24.4 Å². The monoisotopic (exact) mass is 271 g/mol. The van der Waals surface area contributed by atoms with E-state index in [2.05, 4.69) is 5.32 Å². The van der Waals surface area contributed by atoms with Crippen molar-refractivity contribution in [2.45, 2.75) is 19.3 Å². The van der Waals surface area contributed by atoms with Crippen molar-refractivity contribution in [3.05, 3.63) is 17.2 Å². The summed E-state index contributed by atoms with van der Waals surface area (Å²) in [5, 5.41) is 11.8. The van der Waals surface area contributed by atoms with Crippen LogP contribution in [0.15, 0.2) is 12.1 Å². The molecule has 0 fully saturated rings. The highest BCUT2D eigenvalue weighted by Gasteiger charge is 2.17. The van der Waals surface area contributed by atoms with Crippen molar-refractivity contribution >= 4 is 23.2 Å². The number of aliphatic hydroxyl groups is 1. The van der Waals surface area contributed by atoms with Gasteiger partial charge < -0.3 is 19.9 Å². The maximum Gasteiger partial charge on any atom is 0.231 e. The summed E-state index contributed by atoms with van der Waals surface area (Å²) in [6, 6.07) is 3.27. The van der Waals surface area contributed by atoms with Crippen LogP contribution in [0.2, 0.25) is 5.02 Å². The minimum Gasteiger partial charge on any atom is -0.454 e. The Hall–Kier alpha value is -1.46. The molecule has 0 atom stereocenters. The standard InChI is InChI=1S/C12H14ClNO4/c13-8-5-10-11(18-7-17-10)6-9(8)14-12(16)3-1-2-4-15/h5-6,15H,1-4,7H2,(H,14,16). The fourth-order valence-electron chi connectivity index (χ4n) is 1.62. The predicted octanol–water partition coefficient (Wildman–Crippen LogP) is 2.17. The van der Waals surface area contributed by atoms with E-state index in [-0.39, 0.29) is 19.3 Å². The lowest BCUT2D eigenvalue weighted by Crippen LogP contribution is -2.11. The average molecular weight is 272 g/mol. The molecule has 6 heteroatoms. The molecule has 1 aromatic rings. The lowest BCUT2D eigenvalue weighted by molar-refractivity contribution is -0.116.